The Labute approximate surface area is 544 Å². The number of piperidine rings is 1. The van der Waals surface area contributed by atoms with E-state index in [1.807, 2.05) is 65.1 Å². The number of carbonyl (C=O) groups is 10. The topological polar surface area (TPSA) is 381 Å². The second-order valence-electron chi connectivity index (χ2n) is 25.0. The quantitative estimate of drug-likeness (QED) is 0.0238. The number of likely N-dealkylation sites (N-methyl/N-ethyl adjacent to an activating group) is 1. The number of Topliss-reactive ketones (excluding diaryl/α,β-unsaturated/α-hetero) is 1. The van der Waals surface area contributed by atoms with Crippen LogP contribution in [0.1, 0.15) is 138 Å². The Morgan fingerprint density at radius 2 is 1.64 bits per heavy atom. The summed E-state index contributed by atoms with van der Waals surface area (Å²) in [6.45, 7) is 11.0. The number of hydrogen-bond donors (Lipinski definition) is 9. The number of aliphatic hydroxyl groups excluding tert-OH is 3. The highest BCUT2D eigenvalue weighted by molar-refractivity contribution is 8.00. The summed E-state index contributed by atoms with van der Waals surface area (Å²) in [6.07, 6.45) is -6.64. The summed E-state index contributed by atoms with van der Waals surface area (Å²) in [5.41, 5.74) is 7.45. The highest BCUT2D eigenvalue weighted by Gasteiger charge is 2.49. The fourth-order valence-corrected chi connectivity index (χ4v) is 13.8. The van der Waals surface area contributed by atoms with Crippen LogP contribution in [-0.4, -0.2) is 204 Å². The number of aliphatic carboxylic acids is 2. The molecule has 0 aliphatic carbocycles. The smallest absolute Gasteiger partial charge is 0.335 e. The van der Waals surface area contributed by atoms with Crippen LogP contribution >= 0.6 is 23.1 Å². The van der Waals surface area contributed by atoms with Crippen molar-refractivity contribution in [3.63, 3.8) is 0 Å². The molecule has 3 aliphatic heterocycles. The Bertz CT molecular complexity index is 3100. The number of nitrogens with two attached hydrogens (primary N) is 1. The summed E-state index contributed by atoms with van der Waals surface area (Å²) in [5.74, 6) is -8.40. The lowest BCUT2D eigenvalue weighted by Gasteiger charge is -2.45. The van der Waals surface area contributed by atoms with Gasteiger partial charge in [-0.15, -0.1) is 11.3 Å². The molecule has 3 fully saturated rings. The molecule has 4 heterocycles. The fourth-order valence-electron chi connectivity index (χ4n) is 12.3. The number of carboxylic acid groups (broad SMARTS) is 2. The molecule has 6 rings (SSSR count). The second-order valence-corrected chi connectivity index (χ2v) is 26.9. The minimum absolute atomic E-state index is 0.000410. The van der Waals surface area contributed by atoms with E-state index in [9.17, 15) is 63.9 Å². The van der Waals surface area contributed by atoms with Crippen LogP contribution in [0.5, 0.6) is 5.75 Å². The number of thiazole rings is 1. The van der Waals surface area contributed by atoms with E-state index in [2.05, 4.69) is 20.9 Å². The van der Waals surface area contributed by atoms with Gasteiger partial charge in [0.05, 0.1) is 36.5 Å². The van der Waals surface area contributed by atoms with E-state index in [1.54, 1.807) is 42.6 Å². The summed E-state index contributed by atoms with van der Waals surface area (Å²) >= 11 is 2.34. The summed E-state index contributed by atoms with van der Waals surface area (Å²) in [4.78, 5) is 140. The van der Waals surface area contributed by atoms with Crippen molar-refractivity contribution in [3.05, 3.63) is 75.7 Å². The first-order valence-corrected chi connectivity index (χ1v) is 33.4. The van der Waals surface area contributed by atoms with E-state index in [1.165, 1.54) is 24.8 Å². The number of carbonyl (C=O) groups excluding carboxylic acids is 8. The maximum atomic E-state index is 15.1. The average Bonchev–Trinajstić information content (AvgIpc) is 1.00. The number of nitrogens with zero attached hydrogens (tertiary/aromatic N) is 4. The molecule has 26 nitrogen and oxygen atoms in total. The zero-order chi connectivity index (χ0) is 67.9. The number of imide groups is 1. The number of hydrogen-bond acceptors (Lipinski definition) is 20. The summed E-state index contributed by atoms with van der Waals surface area (Å²) in [6, 6.07) is 11.4. The van der Waals surface area contributed by atoms with Gasteiger partial charge < -0.3 is 70.8 Å². The number of ketones is 1. The van der Waals surface area contributed by atoms with Crippen LogP contribution in [0, 0.1) is 23.7 Å². The largest absolute Gasteiger partial charge is 0.481 e. The van der Waals surface area contributed by atoms with Crippen LogP contribution in [0.4, 0.5) is 5.69 Å². The zero-order valence-corrected chi connectivity index (χ0v) is 55.3. The van der Waals surface area contributed by atoms with Gasteiger partial charge in [0.1, 0.15) is 47.3 Å². The van der Waals surface area contributed by atoms with Gasteiger partial charge in [0.25, 0.3) is 5.91 Å². The Kier molecular flexibility index (Phi) is 27.2. The monoisotopic (exact) mass is 1320 g/mol. The molecular weight excluding hydrogens is 1230 g/mol. The molecule has 1 aromatic heterocycles. The first-order chi connectivity index (χ1) is 43.5. The molecule has 15 atom stereocenters. The van der Waals surface area contributed by atoms with Gasteiger partial charge >= 0.3 is 17.9 Å². The molecular formula is C64H91N8O18S2+. The number of aromatic nitrogens is 1. The number of likely N-dealkylation sites (tertiary alicyclic amines) is 2. The van der Waals surface area contributed by atoms with Crippen LogP contribution in [0.2, 0.25) is 0 Å². The minimum atomic E-state index is -2.01. The number of thioether (sulfide) groups is 1. The predicted molar refractivity (Wildman–Crippen MR) is 339 cm³/mol. The van der Waals surface area contributed by atoms with E-state index in [0.29, 0.717) is 36.4 Å². The number of amides is 6. The van der Waals surface area contributed by atoms with Gasteiger partial charge in [0.15, 0.2) is 18.0 Å². The third-order valence-electron chi connectivity index (χ3n) is 17.8. The van der Waals surface area contributed by atoms with Crippen molar-refractivity contribution in [2.45, 2.75) is 185 Å². The molecule has 3 aliphatic rings. The normalized spacial score (nSPS) is 23.9. The van der Waals surface area contributed by atoms with Gasteiger partial charge in [0, 0.05) is 94.5 Å². The fraction of sp³-hybridized carbons (Fsp3) is 0.609. The molecule has 0 radical (unpaired) electrons. The first-order valence-electron chi connectivity index (χ1n) is 31.2. The third-order valence-corrected chi connectivity index (χ3v) is 19.7. The number of aliphatic hydroxyl groups is 3. The van der Waals surface area contributed by atoms with Crippen molar-refractivity contribution in [1.29, 1.82) is 0 Å². The molecule has 3 unspecified atom stereocenters. The molecule has 0 saturated carbocycles. The molecule has 92 heavy (non-hydrogen) atoms. The van der Waals surface area contributed by atoms with Crippen LogP contribution in [0.3, 0.4) is 0 Å². The lowest BCUT2D eigenvalue weighted by Crippen LogP contribution is -2.61. The number of rotatable bonds is 33. The van der Waals surface area contributed by atoms with Gasteiger partial charge in [-0.2, -0.15) is 11.8 Å². The number of esters is 1. The van der Waals surface area contributed by atoms with E-state index < -0.39 is 126 Å². The lowest BCUT2D eigenvalue weighted by atomic mass is 9.82. The standard InChI is InChI=1S/C64H90N8O18S2/c1-10-35(4)42(60(82)70(7)45(34(2)3)29-49(88-37(6)73)59-69-44(33-92-59)58(81)67-40(24-36(5)62(84)85)25-38-16-12-11-13-17-38)28-47(74)46-18-14-15-23-72(46,8)32-39-19-20-48(89-64-56(80)54(78)55(79)57(90-64)63(86)87)43(26-39)68-51(75)21-22-66-52(76)27-41(31-65)71-53(77)30-50(91-9)61(71)83/h11-13,16-17,19-20,26,33-36,40-42,45-46,49-50,54-57,64,78-80H,10,14-15,18,21-25,27-32,65H2,1-9H3,(H4-,66,67,68,75,76,81,84,85,86,87)/p+1/t35-,36-,40+,41+,42-,45+,46+,49+,50?,54-,55-,56+,57-,64?,72?/m0/s1. The second kappa shape index (κ2) is 33.8. The molecule has 0 spiro atoms. The Balaban J connectivity index is 1.19. The van der Waals surface area contributed by atoms with Crippen molar-refractivity contribution in [2.75, 3.05) is 45.3 Å². The van der Waals surface area contributed by atoms with Crippen molar-refractivity contribution in [1.82, 2.24) is 25.4 Å². The van der Waals surface area contributed by atoms with Gasteiger partial charge in [-0.25, -0.2) is 9.78 Å². The van der Waals surface area contributed by atoms with Gasteiger partial charge in [-0.3, -0.25) is 48.1 Å². The molecule has 3 saturated heterocycles. The van der Waals surface area contributed by atoms with Crippen LogP contribution in [0.25, 0.3) is 0 Å². The van der Waals surface area contributed by atoms with Crippen molar-refractivity contribution in [3.8, 4) is 5.75 Å². The molecule has 2 aromatic carbocycles. The van der Waals surface area contributed by atoms with Crippen molar-refractivity contribution in [2.24, 2.45) is 29.4 Å². The highest BCUT2D eigenvalue weighted by atomic mass is 32.2. The van der Waals surface area contributed by atoms with Gasteiger partial charge in [-0.1, -0.05) is 71.4 Å². The Morgan fingerprint density at radius 3 is 2.26 bits per heavy atom. The molecule has 10 N–H and O–H groups in total. The van der Waals surface area contributed by atoms with Crippen LogP contribution < -0.4 is 26.4 Å². The molecule has 28 heteroatoms. The van der Waals surface area contributed by atoms with Crippen molar-refractivity contribution < 1.29 is 92.2 Å². The summed E-state index contributed by atoms with van der Waals surface area (Å²) in [5, 5.41) is 60.9. The molecule has 6 amide bonds. The number of ether oxygens (including phenoxy) is 3. The van der Waals surface area contributed by atoms with E-state index in [0.717, 1.165) is 34.6 Å². The highest BCUT2D eigenvalue weighted by Crippen LogP contribution is 2.37. The number of anilines is 1. The van der Waals surface area contributed by atoms with E-state index in [4.69, 9.17) is 19.9 Å². The van der Waals surface area contributed by atoms with Crippen molar-refractivity contribution >= 4 is 87.9 Å². The van der Waals surface area contributed by atoms with E-state index >= 15 is 9.59 Å². The van der Waals surface area contributed by atoms with Crippen LogP contribution in [-0.2, 0) is 65.6 Å². The maximum Gasteiger partial charge on any atom is 0.335 e. The lowest BCUT2D eigenvalue weighted by molar-refractivity contribution is -0.941. The Hall–Kier alpha value is -6.92. The van der Waals surface area contributed by atoms with Crippen LogP contribution in [0.15, 0.2) is 53.9 Å². The summed E-state index contributed by atoms with van der Waals surface area (Å²) < 4.78 is 17.4. The predicted octanol–water partition coefficient (Wildman–Crippen LogP) is 3.82. The minimum Gasteiger partial charge on any atom is -0.481 e. The molecule has 506 valence electrons. The molecule has 0 bridgehead atoms. The Morgan fingerprint density at radius 1 is 0.935 bits per heavy atom. The molecule has 3 aromatic rings. The number of quaternary nitrogens is 1. The number of carboxylic acids is 2. The summed E-state index contributed by atoms with van der Waals surface area (Å²) in [7, 11) is 3.61. The average molecular weight is 1320 g/mol. The van der Waals surface area contributed by atoms with E-state index in [-0.39, 0.29) is 103 Å². The number of nitrogens with one attached hydrogen (secondary N) is 3. The maximum absolute atomic E-state index is 15.1. The number of benzene rings is 2. The SMILES string of the molecule is CC[C@H](C)[C@H](CC(=O)[C@H]1CCCC[N+]1(C)Cc1ccc(OC2O[C@H](C(=O)O)[C@@H](O)[C@H](O)[C@H]2O)c(NC(=O)CCNC(=O)C[C@H](CN)N2C(=O)CC(SC)C2=O)c1)C(=O)N(C)[C@H](C[C@@H](OC(C)=O)c1nc(C(=O)N[C@@H](Cc2ccccc2)C[C@H](C)C(=O)O)cs1)C(C)C. The third kappa shape index (κ3) is 19.3. The van der Waals surface area contributed by atoms with Gasteiger partial charge in [-0.05, 0) is 67.5 Å². The van der Waals surface area contributed by atoms with Gasteiger partial charge in [0.2, 0.25) is 35.8 Å². The first kappa shape index (κ1) is 74.1. The zero-order valence-electron chi connectivity index (χ0n) is 53.7.